The number of benzene rings is 2. The molecule has 146 valence electrons. The van der Waals surface area contributed by atoms with Gasteiger partial charge in [-0.25, -0.2) is 4.39 Å². The largest absolute Gasteiger partial charge is 0.351 e. The monoisotopic (exact) mass is 380 g/mol. The van der Waals surface area contributed by atoms with Gasteiger partial charge in [-0.1, -0.05) is 56.0 Å². The van der Waals surface area contributed by atoms with Crippen LogP contribution in [-0.4, -0.2) is 22.8 Å². The number of halogens is 1. The number of carbonyl (C=O) groups excluding carboxylic acids is 2. The number of carbonyl (C=O) groups is 2. The molecule has 2 aromatic carbocycles. The topological polar surface area (TPSA) is 49.4 Å². The van der Waals surface area contributed by atoms with E-state index in [2.05, 4.69) is 5.32 Å². The number of rotatable bonds is 4. The highest BCUT2D eigenvalue weighted by Crippen LogP contribution is 2.35. The molecule has 4 rings (SSSR count). The Morgan fingerprint density at radius 1 is 1.00 bits per heavy atom. The van der Waals surface area contributed by atoms with Gasteiger partial charge in [0.05, 0.1) is 0 Å². The van der Waals surface area contributed by atoms with Crippen molar-refractivity contribution in [3.63, 3.8) is 0 Å². The summed E-state index contributed by atoms with van der Waals surface area (Å²) in [5.74, 6) is -0.587. The van der Waals surface area contributed by atoms with E-state index in [1.807, 2.05) is 18.2 Å². The minimum atomic E-state index is -0.642. The van der Waals surface area contributed by atoms with E-state index in [1.54, 1.807) is 23.1 Å². The fraction of sp³-hybridized carbons (Fsp3) is 0.391. The normalized spacial score (nSPS) is 20.0. The lowest BCUT2D eigenvalue weighted by molar-refractivity contribution is -0.126. The second-order valence-electron chi connectivity index (χ2n) is 7.75. The number of hydrogen-bond acceptors (Lipinski definition) is 2. The van der Waals surface area contributed by atoms with Gasteiger partial charge >= 0.3 is 0 Å². The van der Waals surface area contributed by atoms with E-state index in [0.29, 0.717) is 5.56 Å². The molecule has 2 aromatic rings. The average molecular weight is 380 g/mol. The molecule has 5 heteroatoms. The number of hydrogen-bond donors (Lipinski definition) is 1. The Bertz CT molecular complexity index is 857. The lowest BCUT2D eigenvalue weighted by Gasteiger charge is -2.27. The molecule has 28 heavy (non-hydrogen) atoms. The van der Waals surface area contributed by atoms with Crippen molar-refractivity contribution in [2.24, 2.45) is 0 Å². The van der Waals surface area contributed by atoms with Crippen LogP contribution in [0.1, 0.15) is 66.1 Å². The van der Waals surface area contributed by atoms with E-state index in [9.17, 15) is 14.0 Å². The molecule has 1 heterocycles. The Labute approximate surface area is 164 Å². The van der Waals surface area contributed by atoms with E-state index in [1.165, 1.54) is 25.0 Å². The first-order valence-electron chi connectivity index (χ1n) is 10.1. The van der Waals surface area contributed by atoms with Crippen molar-refractivity contribution in [3.8, 4) is 0 Å². The molecule has 1 saturated carbocycles. The molecule has 1 N–H and O–H groups in total. The van der Waals surface area contributed by atoms with Gasteiger partial charge in [-0.3, -0.25) is 9.59 Å². The van der Waals surface area contributed by atoms with Crippen LogP contribution in [0, 0.1) is 5.82 Å². The van der Waals surface area contributed by atoms with Gasteiger partial charge < -0.3 is 10.2 Å². The Balaban J connectivity index is 1.59. The van der Waals surface area contributed by atoms with Crippen LogP contribution in [-0.2, 0) is 11.3 Å². The average Bonchev–Trinajstić information content (AvgIpc) is 2.85. The fourth-order valence-electron chi connectivity index (χ4n) is 4.31. The van der Waals surface area contributed by atoms with Gasteiger partial charge in [-0.2, -0.15) is 0 Å². The molecule has 2 amide bonds. The van der Waals surface area contributed by atoms with Gasteiger partial charge in [0.2, 0.25) is 5.91 Å². The minimum Gasteiger partial charge on any atom is -0.351 e. The third-order valence-corrected chi connectivity index (χ3v) is 5.77. The lowest BCUT2D eigenvalue weighted by Crippen LogP contribution is -2.43. The molecule has 0 unspecified atom stereocenters. The van der Waals surface area contributed by atoms with E-state index in [-0.39, 0.29) is 30.2 Å². The first-order chi connectivity index (χ1) is 13.6. The molecular weight excluding hydrogens is 355 g/mol. The highest BCUT2D eigenvalue weighted by atomic mass is 19.1. The van der Waals surface area contributed by atoms with Crippen molar-refractivity contribution in [2.75, 3.05) is 0 Å². The molecule has 1 aliphatic heterocycles. The summed E-state index contributed by atoms with van der Waals surface area (Å²) in [6, 6.07) is 12.9. The van der Waals surface area contributed by atoms with Gasteiger partial charge in [0.15, 0.2) is 0 Å². The Morgan fingerprint density at radius 3 is 2.39 bits per heavy atom. The zero-order valence-corrected chi connectivity index (χ0v) is 15.9. The summed E-state index contributed by atoms with van der Waals surface area (Å²) >= 11 is 0. The summed E-state index contributed by atoms with van der Waals surface area (Å²) in [6.07, 6.45) is 6.68. The summed E-state index contributed by atoms with van der Waals surface area (Å²) in [4.78, 5) is 27.8. The molecule has 1 fully saturated rings. The molecule has 4 nitrogen and oxygen atoms in total. The molecule has 1 aliphatic carbocycles. The third kappa shape index (κ3) is 3.79. The van der Waals surface area contributed by atoms with E-state index < -0.39 is 6.04 Å². The van der Waals surface area contributed by atoms with Crippen LogP contribution < -0.4 is 5.32 Å². The minimum absolute atomic E-state index is 0.118. The predicted molar refractivity (Wildman–Crippen MR) is 105 cm³/mol. The van der Waals surface area contributed by atoms with Crippen molar-refractivity contribution in [1.82, 2.24) is 10.2 Å². The Morgan fingerprint density at radius 2 is 1.68 bits per heavy atom. The van der Waals surface area contributed by atoms with Crippen LogP contribution >= 0.6 is 0 Å². The fourth-order valence-corrected chi connectivity index (χ4v) is 4.31. The molecule has 1 atom stereocenters. The zero-order chi connectivity index (χ0) is 19.5. The first kappa shape index (κ1) is 18.7. The van der Waals surface area contributed by atoms with Gasteiger partial charge in [0.1, 0.15) is 11.9 Å². The smallest absolute Gasteiger partial charge is 0.255 e. The molecular formula is C23H25FN2O2. The molecule has 0 spiro atoms. The molecule has 0 saturated heterocycles. The van der Waals surface area contributed by atoms with Crippen LogP contribution in [0.3, 0.4) is 0 Å². The maximum atomic E-state index is 13.2. The number of fused-ring (bicyclic) bond motifs is 1. The van der Waals surface area contributed by atoms with Gasteiger partial charge in [-0.05, 0) is 42.2 Å². The van der Waals surface area contributed by atoms with Crippen LogP contribution in [0.4, 0.5) is 4.39 Å². The van der Waals surface area contributed by atoms with E-state index >= 15 is 0 Å². The second-order valence-corrected chi connectivity index (χ2v) is 7.75. The molecule has 0 bridgehead atoms. The van der Waals surface area contributed by atoms with Crippen LogP contribution in [0.25, 0.3) is 0 Å². The Kier molecular flexibility index (Phi) is 5.42. The van der Waals surface area contributed by atoms with Crippen molar-refractivity contribution < 1.29 is 14.0 Å². The van der Waals surface area contributed by atoms with Crippen molar-refractivity contribution in [2.45, 2.75) is 57.2 Å². The number of nitrogens with zero attached hydrogens (tertiary/aromatic N) is 1. The summed E-state index contributed by atoms with van der Waals surface area (Å²) in [5.41, 5.74) is 2.13. The maximum Gasteiger partial charge on any atom is 0.255 e. The van der Waals surface area contributed by atoms with Crippen LogP contribution in [0.15, 0.2) is 48.5 Å². The molecule has 2 aliphatic rings. The summed E-state index contributed by atoms with van der Waals surface area (Å²) in [5, 5.41) is 3.19. The first-order valence-corrected chi connectivity index (χ1v) is 10.1. The quantitative estimate of drug-likeness (QED) is 0.801. The maximum absolute atomic E-state index is 13.2. The summed E-state index contributed by atoms with van der Waals surface area (Å²) in [7, 11) is 0. The lowest BCUT2D eigenvalue weighted by atomic mass is 10.0. The van der Waals surface area contributed by atoms with Crippen molar-refractivity contribution in [3.05, 3.63) is 71.0 Å². The van der Waals surface area contributed by atoms with Crippen LogP contribution in [0.2, 0.25) is 0 Å². The zero-order valence-electron chi connectivity index (χ0n) is 15.9. The number of amides is 2. The second kappa shape index (κ2) is 8.13. The highest BCUT2D eigenvalue weighted by molar-refractivity contribution is 6.04. The van der Waals surface area contributed by atoms with E-state index in [4.69, 9.17) is 0 Å². The third-order valence-electron chi connectivity index (χ3n) is 5.77. The predicted octanol–water partition coefficient (Wildman–Crippen LogP) is 4.36. The van der Waals surface area contributed by atoms with Gasteiger partial charge in [0, 0.05) is 18.2 Å². The standard InChI is InChI=1S/C23H25FN2O2/c24-17-13-11-16(12-14-17)15-26-21(19-9-5-6-10-20(19)23(26)28)22(27)25-18-7-3-1-2-4-8-18/h5-6,9-14,18,21H,1-4,7-8,15H2,(H,25,27)/t21-/m1/s1. The molecule has 0 radical (unpaired) electrons. The van der Waals surface area contributed by atoms with Crippen LogP contribution in [0.5, 0.6) is 0 Å². The number of nitrogens with one attached hydrogen (secondary N) is 1. The van der Waals surface area contributed by atoms with E-state index in [0.717, 1.165) is 36.8 Å². The SMILES string of the molecule is O=C(NC1CCCCCC1)[C@H]1c2ccccc2C(=O)N1Cc1ccc(F)cc1. The van der Waals surface area contributed by atoms with Gasteiger partial charge in [0.25, 0.3) is 5.91 Å². The van der Waals surface area contributed by atoms with Crippen molar-refractivity contribution in [1.29, 1.82) is 0 Å². The van der Waals surface area contributed by atoms with Gasteiger partial charge in [-0.15, -0.1) is 0 Å². The summed E-state index contributed by atoms with van der Waals surface area (Å²) in [6.45, 7) is 0.274. The Hall–Kier alpha value is -2.69. The highest BCUT2D eigenvalue weighted by Gasteiger charge is 2.41. The molecule has 0 aromatic heterocycles. The van der Waals surface area contributed by atoms with Crippen molar-refractivity contribution >= 4 is 11.8 Å². The summed E-state index contributed by atoms with van der Waals surface area (Å²) < 4.78 is 13.2.